The van der Waals surface area contributed by atoms with Crippen molar-refractivity contribution in [3.05, 3.63) is 52.2 Å². The maximum atomic E-state index is 12.7. The molecule has 2 bridgehead atoms. The summed E-state index contributed by atoms with van der Waals surface area (Å²) >= 11 is 0. The van der Waals surface area contributed by atoms with E-state index in [1.165, 1.54) is 0 Å². The van der Waals surface area contributed by atoms with Crippen LogP contribution in [0.1, 0.15) is 29.8 Å². The lowest BCUT2D eigenvalue weighted by atomic mass is 9.78. The first kappa shape index (κ1) is 19.8. The van der Waals surface area contributed by atoms with Crippen LogP contribution in [0.4, 0.5) is 0 Å². The van der Waals surface area contributed by atoms with Gasteiger partial charge < -0.3 is 14.8 Å². The van der Waals surface area contributed by atoms with E-state index in [2.05, 4.69) is 27.4 Å². The van der Waals surface area contributed by atoms with Gasteiger partial charge in [-0.1, -0.05) is 6.07 Å². The van der Waals surface area contributed by atoms with Crippen molar-refractivity contribution in [2.24, 2.45) is 13.0 Å². The molecule has 4 heterocycles. The van der Waals surface area contributed by atoms with Crippen molar-refractivity contribution in [3.63, 3.8) is 0 Å². The number of likely N-dealkylation sites (tertiary alicyclic amines) is 1. The largest absolute Gasteiger partial charge is 0.353 e. The Labute approximate surface area is 171 Å². The first-order valence-corrected chi connectivity index (χ1v) is 10.2. The van der Waals surface area contributed by atoms with Gasteiger partial charge >= 0.3 is 0 Å². The average Bonchev–Trinajstić information content (AvgIpc) is 3.06. The Balaban J connectivity index is 1.56. The average molecular weight is 399 g/mol. The van der Waals surface area contributed by atoms with Crippen molar-refractivity contribution in [3.8, 4) is 0 Å². The molecule has 2 aliphatic rings. The zero-order valence-electron chi connectivity index (χ0n) is 17.4. The Kier molecular flexibility index (Phi) is 5.56. The van der Waals surface area contributed by atoms with Crippen LogP contribution >= 0.6 is 0 Å². The number of amides is 1. The lowest BCUT2D eigenvalue weighted by Gasteiger charge is -2.47. The number of nitrogens with zero attached hydrogens (tertiary/aromatic N) is 5. The SMILES string of the molecule is CN(C)CC(=O)NC[C@H]1[C@H]2C[C@H](CN(Cc3ccn(C)n3)C2)c2cccc(=O)n21. The van der Waals surface area contributed by atoms with E-state index in [0.717, 1.165) is 37.4 Å². The molecule has 1 N–H and O–H groups in total. The molecule has 1 saturated heterocycles. The van der Waals surface area contributed by atoms with E-state index in [0.29, 0.717) is 24.9 Å². The maximum Gasteiger partial charge on any atom is 0.251 e. The first-order valence-electron chi connectivity index (χ1n) is 10.2. The summed E-state index contributed by atoms with van der Waals surface area (Å²) in [5.74, 6) is 0.647. The molecule has 0 aromatic carbocycles. The van der Waals surface area contributed by atoms with E-state index < -0.39 is 0 Å². The zero-order valence-corrected chi connectivity index (χ0v) is 17.4. The fraction of sp³-hybridized carbons (Fsp3) is 0.571. The quantitative estimate of drug-likeness (QED) is 0.763. The highest BCUT2D eigenvalue weighted by atomic mass is 16.2. The second-order valence-corrected chi connectivity index (χ2v) is 8.64. The molecular formula is C21H30N6O2. The molecule has 0 aliphatic carbocycles. The summed E-state index contributed by atoms with van der Waals surface area (Å²) in [6.45, 7) is 3.48. The molecule has 29 heavy (non-hydrogen) atoms. The normalized spacial score (nSPS) is 23.8. The molecule has 3 atom stereocenters. The van der Waals surface area contributed by atoms with E-state index in [4.69, 9.17) is 0 Å². The van der Waals surface area contributed by atoms with Crippen molar-refractivity contribution in [1.82, 2.24) is 29.5 Å². The number of pyridine rings is 1. The van der Waals surface area contributed by atoms with Crippen LogP contribution in [0.15, 0.2) is 35.3 Å². The molecule has 8 heteroatoms. The second kappa shape index (κ2) is 8.12. The van der Waals surface area contributed by atoms with Crippen molar-refractivity contribution in [1.29, 1.82) is 0 Å². The minimum Gasteiger partial charge on any atom is -0.353 e. The van der Waals surface area contributed by atoms with Crippen molar-refractivity contribution in [2.75, 3.05) is 40.3 Å². The summed E-state index contributed by atoms with van der Waals surface area (Å²) in [4.78, 5) is 29.2. The van der Waals surface area contributed by atoms with Gasteiger partial charge in [0.1, 0.15) is 0 Å². The van der Waals surface area contributed by atoms with Crippen LogP contribution in [0.25, 0.3) is 0 Å². The maximum absolute atomic E-state index is 12.7. The van der Waals surface area contributed by atoms with Crippen molar-refractivity contribution >= 4 is 5.91 Å². The minimum atomic E-state index is -0.0207. The Bertz CT molecular complexity index is 933. The van der Waals surface area contributed by atoms with Crippen LogP contribution in [-0.4, -0.2) is 70.3 Å². The minimum absolute atomic E-state index is 0.0104. The Hall–Kier alpha value is -2.45. The molecule has 2 aliphatic heterocycles. The van der Waals surface area contributed by atoms with Crippen LogP contribution in [0.2, 0.25) is 0 Å². The third-order valence-corrected chi connectivity index (χ3v) is 6.00. The zero-order chi connectivity index (χ0) is 20.5. The molecule has 156 valence electrons. The standard InChI is InChI=1S/C21H30N6O2/c1-24(2)14-20(28)22-10-19-16-9-15(18-5-4-6-21(29)27(18)19)11-26(12-16)13-17-7-8-25(3)23-17/h4-8,15-16,19H,9-14H2,1-3H3,(H,22,28)/t15-,16+,19+/m1/s1. The highest BCUT2D eigenvalue weighted by molar-refractivity contribution is 5.77. The molecule has 0 spiro atoms. The van der Waals surface area contributed by atoms with Gasteiger partial charge in [-0.2, -0.15) is 5.10 Å². The smallest absolute Gasteiger partial charge is 0.251 e. The van der Waals surface area contributed by atoms with E-state index in [9.17, 15) is 9.59 Å². The molecule has 1 fully saturated rings. The van der Waals surface area contributed by atoms with Crippen LogP contribution in [0.3, 0.4) is 0 Å². The van der Waals surface area contributed by atoms with Gasteiger partial charge in [0.05, 0.1) is 18.3 Å². The topological polar surface area (TPSA) is 75.4 Å². The van der Waals surface area contributed by atoms with Crippen LogP contribution in [-0.2, 0) is 18.4 Å². The molecule has 0 saturated carbocycles. The van der Waals surface area contributed by atoms with Gasteiger partial charge in [-0.3, -0.25) is 19.2 Å². The number of aryl methyl sites for hydroxylation is 1. The number of hydrogen-bond donors (Lipinski definition) is 1. The number of aromatic nitrogens is 3. The number of carbonyl (C=O) groups excluding carboxylic acids is 1. The summed E-state index contributed by atoms with van der Waals surface area (Å²) in [6.07, 6.45) is 3.02. The Morgan fingerprint density at radius 2 is 2.10 bits per heavy atom. The van der Waals surface area contributed by atoms with Gasteiger partial charge in [0.25, 0.3) is 5.56 Å². The number of carbonyl (C=O) groups is 1. The number of piperidine rings is 1. The number of rotatable bonds is 6. The molecule has 8 nitrogen and oxygen atoms in total. The van der Waals surface area contributed by atoms with Gasteiger partial charge in [-0.15, -0.1) is 0 Å². The predicted octanol–water partition coefficient (Wildman–Crippen LogP) is 0.420. The third kappa shape index (κ3) is 4.28. The Morgan fingerprint density at radius 3 is 2.83 bits per heavy atom. The van der Waals surface area contributed by atoms with Gasteiger partial charge in [-0.25, -0.2) is 0 Å². The van der Waals surface area contributed by atoms with Gasteiger partial charge in [0.2, 0.25) is 5.91 Å². The summed E-state index contributed by atoms with van der Waals surface area (Å²) in [7, 11) is 5.69. The monoisotopic (exact) mass is 398 g/mol. The number of hydrogen-bond acceptors (Lipinski definition) is 5. The fourth-order valence-electron chi connectivity index (χ4n) is 4.87. The summed E-state index contributed by atoms with van der Waals surface area (Å²) in [5.41, 5.74) is 2.18. The number of nitrogens with one attached hydrogen (secondary N) is 1. The summed E-state index contributed by atoms with van der Waals surface area (Å²) < 4.78 is 3.77. The van der Waals surface area contributed by atoms with Crippen LogP contribution in [0, 0.1) is 5.92 Å². The van der Waals surface area contributed by atoms with Crippen LogP contribution < -0.4 is 10.9 Å². The molecule has 2 aromatic rings. The van der Waals surface area contributed by atoms with Crippen molar-refractivity contribution < 1.29 is 4.79 Å². The summed E-state index contributed by atoms with van der Waals surface area (Å²) in [6, 6.07) is 7.59. The predicted molar refractivity (Wildman–Crippen MR) is 111 cm³/mol. The fourth-order valence-corrected chi connectivity index (χ4v) is 4.87. The second-order valence-electron chi connectivity index (χ2n) is 8.64. The van der Waals surface area contributed by atoms with Crippen LogP contribution in [0.5, 0.6) is 0 Å². The number of likely N-dealkylation sites (N-methyl/N-ethyl adjacent to an activating group) is 1. The first-order chi connectivity index (χ1) is 13.9. The van der Waals surface area contributed by atoms with Gasteiger partial charge in [-0.05, 0) is 38.6 Å². The third-order valence-electron chi connectivity index (χ3n) is 6.00. The molecule has 1 amide bonds. The molecular weight excluding hydrogens is 368 g/mol. The molecule has 0 unspecified atom stereocenters. The van der Waals surface area contributed by atoms with E-state index >= 15 is 0 Å². The number of fused-ring (bicyclic) bond motifs is 4. The molecule has 2 aromatic heterocycles. The highest BCUT2D eigenvalue weighted by Gasteiger charge is 2.40. The summed E-state index contributed by atoms with van der Waals surface area (Å²) in [5, 5.41) is 7.57. The van der Waals surface area contributed by atoms with Crippen molar-refractivity contribution in [2.45, 2.75) is 24.9 Å². The van der Waals surface area contributed by atoms with E-state index in [-0.39, 0.29) is 17.5 Å². The molecule has 4 rings (SSSR count). The van der Waals surface area contributed by atoms with E-state index in [1.807, 2.05) is 47.6 Å². The van der Waals surface area contributed by atoms with Gasteiger partial charge in [0, 0.05) is 57.1 Å². The van der Waals surface area contributed by atoms with Gasteiger partial charge in [0.15, 0.2) is 0 Å². The Morgan fingerprint density at radius 1 is 1.28 bits per heavy atom. The molecule has 0 radical (unpaired) electrons. The lowest BCUT2D eigenvalue weighted by Crippen LogP contribution is -2.52. The highest BCUT2D eigenvalue weighted by Crippen LogP contribution is 2.41. The lowest BCUT2D eigenvalue weighted by molar-refractivity contribution is -0.122. The van der Waals surface area contributed by atoms with E-state index in [1.54, 1.807) is 6.07 Å².